The van der Waals surface area contributed by atoms with E-state index in [9.17, 15) is 4.79 Å². The van der Waals surface area contributed by atoms with Crippen LogP contribution in [0.1, 0.15) is 5.56 Å². The molecule has 1 aliphatic heterocycles. The molecule has 3 rings (SSSR count). The van der Waals surface area contributed by atoms with E-state index in [4.69, 9.17) is 5.11 Å². The summed E-state index contributed by atoms with van der Waals surface area (Å²) in [5.41, 5.74) is 3.36. The molecule has 1 fully saturated rings. The van der Waals surface area contributed by atoms with E-state index >= 15 is 0 Å². The molecule has 0 unspecified atom stereocenters. The largest absolute Gasteiger partial charge is 0.465 e. The summed E-state index contributed by atoms with van der Waals surface area (Å²) < 4.78 is 0. The summed E-state index contributed by atoms with van der Waals surface area (Å²) in [7, 11) is 0. The highest BCUT2D eigenvalue weighted by molar-refractivity contribution is 5.83. The van der Waals surface area contributed by atoms with Crippen molar-refractivity contribution in [3.05, 3.63) is 23.9 Å². The Labute approximate surface area is 110 Å². The summed E-state index contributed by atoms with van der Waals surface area (Å²) in [5, 5.41) is 17.1. The summed E-state index contributed by atoms with van der Waals surface area (Å²) >= 11 is 0. The molecule has 1 saturated heterocycles. The normalized spacial score (nSPS) is 16.1. The number of rotatable bonds is 1. The van der Waals surface area contributed by atoms with Gasteiger partial charge in [-0.2, -0.15) is 5.10 Å². The molecule has 0 radical (unpaired) electrons. The molecular formula is C13H16N4O2. The molecular weight excluding hydrogens is 244 g/mol. The van der Waals surface area contributed by atoms with Crippen molar-refractivity contribution in [1.29, 1.82) is 0 Å². The lowest BCUT2D eigenvalue weighted by Gasteiger charge is -2.35. The lowest BCUT2D eigenvalue weighted by Crippen LogP contribution is -2.48. The number of carboxylic acid groups (broad SMARTS) is 1. The Kier molecular flexibility index (Phi) is 2.77. The van der Waals surface area contributed by atoms with Crippen LogP contribution in [0.5, 0.6) is 0 Å². The van der Waals surface area contributed by atoms with E-state index in [0.29, 0.717) is 13.1 Å². The van der Waals surface area contributed by atoms with Gasteiger partial charge in [0.2, 0.25) is 0 Å². The summed E-state index contributed by atoms with van der Waals surface area (Å²) in [5.74, 6) is 0. The molecule has 1 aromatic heterocycles. The monoisotopic (exact) mass is 260 g/mol. The Balaban J connectivity index is 1.85. The van der Waals surface area contributed by atoms with Crippen LogP contribution in [-0.2, 0) is 0 Å². The summed E-state index contributed by atoms with van der Waals surface area (Å²) in [6.45, 7) is 4.64. The van der Waals surface area contributed by atoms with Gasteiger partial charge in [-0.15, -0.1) is 0 Å². The highest BCUT2D eigenvalue weighted by Gasteiger charge is 2.21. The number of aromatic nitrogens is 2. The zero-order chi connectivity index (χ0) is 13.4. The number of benzene rings is 1. The number of carbonyl (C=O) groups is 1. The summed E-state index contributed by atoms with van der Waals surface area (Å²) in [6, 6.07) is 4.20. The number of nitrogens with zero attached hydrogens (tertiary/aromatic N) is 3. The Hall–Kier alpha value is -2.24. The second kappa shape index (κ2) is 4.46. The van der Waals surface area contributed by atoms with E-state index in [1.165, 1.54) is 10.5 Å². The number of anilines is 1. The standard InChI is InChI=1S/C13H16N4O2/c1-9-6-10-8-14-15-11(10)7-12(9)16-2-4-17(5-3-16)13(18)19/h6-8H,2-5H2,1H3,(H,14,15)(H,18,19). The highest BCUT2D eigenvalue weighted by atomic mass is 16.4. The summed E-state index contributed by atoms with van der Waals surface area (Å²) in [4.78, 5) is 14.6. The van der Waals surface area contributed by atoms with Crippen molar-refractivity contribution < 1.29 is 9.90 Å². The smallest absolute Gasteiger partial charge is 0.407 e. The van der Waals surface area contributed by atoms with Crippen LogP contribution < -0.4 is 4.90 Å². The first-order valence-corrected chi connectivity index (χ1v) is 6.32. The Morgan fingerprint density at radius 3 is 2.74 bits per heavy atom. The third kappa shape index (κ3) is 2.09. The molecule has 6 heteroatoms. The fraction of sp³-hybridized carbons (Fsp3) is 0.385. The Morgan fingerprint density at radius 1 is 1.32 bits per heavy atom. The molecule has 1 aliphatic rings. The molecule has 19 heavy (non-hydrogen) atoms. The maximum absolute atomic E-state index is 10.9. The van der Waals surface area contributed by atoms with E-state index in [2.05, 4.69) is 34.2 Å². The molecule has 0 aliphatic carbocycles. The first-order chi connectivity index (χ1) is 9.15. The van der Waals surface area contributed by atoms with Crippen LogP contribution in [-0.4, -0.2) is 52.5 Å². The molecule has 0 bridgehead atoms. The maximum Gasteiger partial charge on any atom is 0.407 e. The van der Waals surface area contributed by atoms with Gasteiger partial charge < -0.3 is 14.9 Å². The van der Waals surface area contributed by atoms with Crippen LogP contribution in [0.4, 0.5) is 10.5 Å². The second-order valence-electron chi connectivity index (χ2n) is 4.85. The van der Waals surface area contributed by atoms with Crippen molar-refractivity contribution in [2.24, 2.45) is 0 Å². The molecule has 1 aromatic carbocycles. The van der Waals surface area contributed by atoms with E-state index in [-0.39, 0.29) is 0 Å². The number of amides is 1. The maximum atomic E-state index is 10.9. The van der Waals surface area contributed by atoms with E-state index in [1.54, 1.807) is 0 Å². The van der Waals surface area contributed by atoms with Gasteiger partial charge in [0.15, 0.2) is 0 Å². The van der Waals surface area contributed by atoms with E-state index < -0.39 is 6.09 Å². The number of aromatic amines is 1. The zero-order valence-electron chi connectivity index (χ0n) is 10.8. The molecule has 2 heterocycles. The second-order valence-corrected chi connectivity index (χ2v) is 4.85. The van der Waals surface area contributed by atoms with E-state index in [1.807, 2.05) is 6.20 Å². The molecule has 0 spiro atoms. The molecule has 6 nitrogen and oxygen atoms in total. The summed E-state index contributed by atoms with van der Waals surface area (Å²) in [6.07, 6.45) is 0.981. The Morgan fingerprint density at radius 2 is 2.05 bits per heavy atom. The fourth-order valence-electron chi connectivity index (χ4n) is 2.57. The topological polar surface area (TPSA) is 72.5 Å². The van der Waals surface area contributed by atoms with Crippen molar-refractivity contribution >= 4 is 22.7 Å². The number of fused-ring (bicyclic) bond motifs is 1. The number of nitrogens with one attached hydrogen (secondary N) is 1. The van der Waals surface area contributed by atoms with E-state index in [0.717, 1.165) is 29.7 Å². The average Bonchev–Trinajstić information content (AvgIpc) is 2.85. The van der Waals surface area contributed by atoms with Gasteiger partial charge >= 0.3 is 6.09 Å². The van der Waals surface area contributed by atoms with Crippen LogP contribution in [0.2, 0.25) is 0 Å². The highest BCUT2D eigenvalue weighted by Crippen LogP contribution is 2.26. The van der Waals surface area contributed by atoms with Gasteiger partial charge in [-0.1, -0.05) is 0 Å². The van der Waals surface area contributed by atoms with Gasteiger partial charge in [-0.3, -0.25) is 5.10 Å². The lowest BCUT2D eigenvalue weighted by atomic mass is 10.1. The van der Waals surface area contributed by atoms with Crippen LogP contribution >= 0.6 is 0 Å². The zero-order valence-corrected chi connectivity index (χ0v) is 10.8. The Bertz CT molecular complexity index is 614. The van der Waals surface area contributed by atoms with Crippen LogP contribution in [0.15, 0.2) is 18.3 Å². The molecule has 1 amide bonds. The number of aryl methyl sites for hydroxylation is 1. The van der Waals surface area contributed by atoms with Crippen molar-refractivity contribution in [2.75, 3.05) is 31.1 Å². The molecule has 2 N–H and O–H groups in total. The SMILES string of the molecule is Cc1cc2cn[nH]c2cc1N1CCN(C(=O)O)CC1. The predicted molar refractivity (Wildman–Crippen MR) is 72.6 cm³/mol. The van der Waals surface area contributed by atoms with Gasteiger partial charge in [0.1, 0.15) is 0 Å². The van der Waals surface area contributed by atoms with Crippen molar-refractivity contribution in [3.63, 3.8) is 0 Å². The van der Waals surface area contributed by atoms with Gasteiger partial charge in [-0.05, 0) is 24.6 Å². The van der Waals surface area contributed by atoms with Crippen LogP contribution in [0.25, 0.3) is 10.9 Å². The molecule has 100 valence electrons. The number of hydrogen-bond donors (Lipinski definition) is 2. The predicted octanol–water partition coefficient (Wildman–Crippen LogP) is 1.67. The van der Waals surface area contributed by atoms with Crippen LogP contribution in [0, 0.1) is 6.92 Å². The van der Waals surface area contributed by atoms with Gasteiger partial charge in [0, 0.05) is 37.3 Å². The quantitative estimate of drug-likeness (QED) is 0.818. The first-order valence-electron chi connectivity index (χ1n) is 6.32. The van der Waals surface area contributed by atoms with Gasteiger partial charge in [-0.25, -0.2) is 4.79 Å². The van der Waals surface area contributed by atoms with Gasteiger partial charge in [0.25, 0.3) is 0 Å². The molecule has 0 saturated carbocycles. The van der Waals surface area contributed by atoms with Crippen molar-refractivity contribution in [3.8, 4) is 0 Å². The van der Waals surface area contributed by atoms with Gasteiger partial charge in [0.05, 0.1) is 11.7 Å². The lowest BCUT2D eigenvalue weighted by molar-refractivity contribution is 0.142. The number of H-pyrrole nitrogens is 1. The number of hydrogen-bond acceptors (Lipinski definition) is 3. The minimum Gasteiger partial charge on any atom is -0.465 e. The first kappa shape index (κ1) is 11.8. The molecule has 0 atom stereocenters. The van der Waals surface area contributed by atoms with Crippen LogP contribution in [0.3, 0.4) is 0 Å². The fourth-order valence-corrected chi connectivity index (χ4v) is 2.57. The average molecular weight is 260 g/mol. The third-order valence-corrected chi connectivity index (χ3v) is 3.65. The van der Waals surface area contributed by atoms with Crippen molar-refractivity contribution in [1.82, 2.24) is 15.1 Å². The minimum atomic E-state index is -0.833. The third-order valence-electron chi connectivity index (χ3n) is 3.65. The van der Waals surface area contributed by atoms with Crippen molar-refractivity contribution in [2.45, 2.75) is 6.92 Å². The minimum absolute atomic E-state index is 0.551. The number of piperazine rings is 1. The molecule has 2 aromatic rings.